The van der Waals surface area contributed by atoms with Crippen molar-refractivity contribution in [3.63, 3.8) is 0 Å². The van der Waals surface area contributed by atoms with Crippen LogP contribution in [0.1, 0.15) is 35.7 Å². The van der Waals surface area contributed by atoms with Gasteiger partial charge in [0, 0.05) is 23.1 Å². The summed E-state index contributed by atoms with van der Waals surface area (Å²) in [5.41, 5.74) is 7.43. The first kappa shape index (κ1) is 13.6. The predicted octanol–water partition coefficient (Wildman–Crippen LogP) is 2.71. The minimum absolute atomic E-state index is 0.0965. The fraction of sp³-hybridized carbons (Fsp3) is 0.500. The molecule has 1 amide bonds. The number of aryl methyl sites for hydroxylation is 1. The smallest absolute Gasteiger partial charge is 0.254 e. The maximum atomic E-state index is 12.6. The normalized spacial score (nSPS) is 23.4. The molecule has 0 saturated carbocycles. The minimum Gasteiger partial charge on any atom is -0.332 e. The van der Waals surface area contributed by atoms with Crippen LogP contribution in [0.5, 0.6) is 0 Å². The minimum atomic E-state index is -0.189. The standard InChI is InChI=1S/C14H19BrN2O/c1-10-4-5-11(15)8-12(10)13(18)17-7-3-6-14(17,2)9-16/h4-5,8H,3,6-7,9,16H2,1-2H3. The van der Waals surface area contributed by atoms with Gasteiger partial charge in [-0.1, -0.05) is 22.0 Å². The zero-order chi connectivity index (χ0) is 13.3. The van der Waals surface area contributed by atoms with Gasteiger partial charge in [0.25, 0.3) is 5.91 Å². The first-order valence-corrected chi connectivity index (χ1v) is 7.05. The summed E-state index contributed by atoms with van der Waals surface area (Å²) in [7, 11) is 0. The van der Waals surface area contributed by atoms with Crippen LogP contribution in [0.15, 0.2) is 22.7 Å². The summed E-state index contributed by atoms with van der Waals surface area (Å²) >= 11 is 3.42. The molecule has 1 aromatic carbocycles. The summed E-state index contributed by atoms with van der Waals surface area (Å²) in [5, 5.41) is 0. The van der Waals surface area contributed by atoms with Gasteiger partial charge < -0.3 is 10.6 Å². The second-order valence-electron chi connectivity index (χ2n) is 5.22. The third-order valence-electron chi connectivity index (χ3n) is 3.86. The SMILES string of the molecule is Cc1ccc(Br)cc1C(=O)N1CCCC1(C)CN. The molecular formula is C14H19BrN2O. The van der Waals surface area contributed by atoms with Gasteiger partial charge in [0.2, 0.25) is 0 Å². The van der Waals surface area contributed by atoms with Gasteiger partial charge in [0.05, 0.1) is 5.54 Å². The van der Waals surface area contributed by atoms with Crippen molar-refractivity contribution < 1.29 is 4.79 Å². The quantitative estimate of drug-likeness (QED) is 0.913. The van der Waals surface area contributed by atoms with Gasteiger partial charge >= 0.3 is 0 Å². The second-order valence-corrected chi connectivity index (χ2v) is 6.14. The molecule has 0 aromatic heterocycles. The van der Waals surface area contributed by atoms with Crippen molar-refractivity contribution in [1.82, 2.24) is 4.90 Å². The van der Waals surface area contributed by atoms with Crippen LogP contribution in [0, 0.1) is 6.92 Å². The molecule has 2 N–H and O–H groups in total. The van der Waals surface area contributed by atoms with Crippen molar-refractivity contribution in [1.29, 1.82) is 0 Å². The third-order valence-corrected chi connectivity index (χ3v) is 4.36. The zero-order valence-corrected chi connectivity index (χ0v) is 12.5. The molecule has 1 heterocycles. The number of carbonyl (C=O) groups is 1. The molecule has 1 unspecified atom stereocenters. The third kappa shape index (κ3) is 2.31. The number of hydrogen-bond donors (Lipinski definition) is 1. The number of nitrogens with two attached hydrogens (primary N) is 1. The molecule has 3 nitrogen and oxygen atoms in total. The molecule has 98 valence electrons. The molecule has 1 aromatic rings. The van der Waals surface area contributed by atoms with E-state index in [1.54, 1.807) is 0 Å². The highest BCUT2D eigenvalue weighted by molar-refractivity contribution is 9.10. The van der Waals surface area contributed by atoms with Gasteiger partial charge in [-0.05, 0) is 44.4 Å². The maximum absolute atomic E-state index is 12.6. The van der Waals surface area contributed by atoms with E-state index in [1.807, 2.05) is 30.0 Å². The number of amides is 1. The highest BCUT2D eigenvalue weighted by Crippen LogP contribution is 2.30. The average molecular weight is 311 g/mol. The Kier molecular flexibility index (Phi) is 3.78. The fourth-order valence-electron chi connectivity index (χ4n) is 2.55. The molecule has 1 atom stereocenters. The highest BCUT2D eigenvalue weighted by Gasteiger charge is 2.39. The first-order valence-electron chi connectivity index (χ1n) is 6.26. The van der Waals surface area contributed by atoms with Gasteiger partial charge in [-0.2, -0.15) is 0 Å². The molecule has 1 aliphatic rings. The van der Waals surface area contributed by atoms with Crippen molar-refractivity contribution >= 4 is 21.8 Å². The second kappa shape index (κ2) is 5.02. The van der Waals surface area contributed by atoms with E-state index >= 15 is 0 Å². The van der Waals surface area contributed by atoms with E-state index in [4.69, 9.17) is 5.73 Å². The van der Waals surface area contributed by atoms with E-state index < -0.39 is 0 Å². The summed E-state index contributed by atoms with van der Waals surface area (Å²) in [6.07, 6.45) is 2.02. The lowest BCUT2D eigenvalue weighted by Gasteiger charge is -2.34. The Balaban J connectivity index is 2.34. The van der Waals surface area contributed by atoms with Crippen molar-refractivity contribution in [2.45, 2.75) is 32.2 Å². The van der Waals surface area contributed by atoms with E-state index in [-0.39, 0.29) is 11.4 Å². The molecule has 2 rings (SSSR count). The van der Waals surface area contributed by atoms with Crippen LogP contribution in [0.4, 0.5) is 0 Å². The van der Waals surface area contributed by atoms with Gasteiger partial charge in [0.15, 0.2) is 0 Å². The van der Waals surface area contributed by atoms with Crippen LogP contribution in [0.25, 0.3) is 0 Å². The number of benzene rings is 1. The Morgan fingerprint density at radius 2 is 2.28 bits per heavy atom. The Labute approximate surface area is 116 Å². The summed E-state index contributed by atoms with van der Waals surface area (Å²) in [4.78, 5) is 14.6. The number of rotatable bonds is 2. The number of likely N-dealkylation sites (tertiary alicyclic amines) is 1. The van der Waals surface area contributed by atoms with Crippen LogP contribution < -0.4 is 5.73 Å². The van der Waals surface area contributed by atoms with E-state index in [0.29, 0.717) is 6.54 Å². The number of halogens is 1. The predicted molar refractivity (Wildman–Crippen MR) is 76.6 cm³/mol. The van der Waals surface area contributed by atoms with Crippen LogP contribution in [-0.2, 0) is 0 Å². The molecule has 0 spiro atoms. The van der Waals surface area contributed by atoms with E-state index in [1.165, 1.54) is 0 Å². The van der Waals surface area contributed by atoms with Gasteiger partial charge in [0.1, 0.15) is 0 Å². The lowest BCUT2D eigenvalue weighted by molar-refractivity contribution is 0.0636. The molecule has 4 heteroatoms. The van der Waals surface area contributed by atoms with Gasteiger partial charge in [-0.25, -0.2) is 0 Å². The molecule has 1 saturated heterocycles. The van der Waals surface area contributed by atoms with Crippen molar-refractivity contribution in [2.24, 2.45) is 5.73 Å². The first-order chi connectivity index (χ1) is 8.48. The Bertz CT molecular complexity index is 475. The Morgan fingerprint density at radius 1 is 1.56 bits per heavy atom. The van der Waals surface area contributed by atoms with Crippen LogP contribution in [0.2, 0.25) is 0 Å². The van der Waals surface area contributed by atoms with E-state index in [2.05, 4.69) is 22.9 Å². The molecule has 18 heavy (non-hydrogen) atoms. The number of carbonyl (C=O) groups excluding carboxylic acids is 1. The van der Waals surface area contributed by atoms with E-state index in [9.17, 15) is 4.79 Å². The maximum Gasteiger partial charge on any atom is 0.254 e. The van der Waals surface area contributed by atoms with Crippen molar-refractivity contribution in [3.05, 3.63) is 33.8 Å². The topological polar surface area (TPSA) is 46.3 Å². The van der Waals surface area contributed by atoms with Crippen molar-refractivity contribution in [2.75, 3.05) is 13.1 Å². The lowest BCUT2D eigenvalue weighted by Crippen LogP contribution is -2.50. The largest absolute Gasteiger partial charge is 0.332 e. The fourth-order valence-corrected chi connectivity index (χ4v) is 2.91. The lowest BCUT2D eigenvalue weighted by atomic mass is 9.98. The van der Waals surface area contributed by atoms with E-state index in [0.717, 1.165) is 35.0 Å². The van der Waals surface area contributed by atoms with Crippen molar-refractivity contribution in [3.8, 4) is 0 Å². The summed E-state index contributed by atoms with van der Waals surface area (Å²) < 4.78 is 0.935. The Hall–Kier alpha value is -0.870. The molecular weight excluding hydrogens is 292 g/mol. The highest BCUT2D eigenvalue weighted by atomic mass is 79.9. The summed E-state index contributed by atoms with van der Waals surface area (Å²) in [5.74, 6) is 0.0965. The molecule has 1 aliphatic heterocycles. The van der Waals surface area contributed by atoms with Gasteiger partial charge in [-0.15, -0.1) is 0 Å². The molecule has 0 radical (unpaired) electrons. The molecule has 1 fully saturated rings. The number of nitrogens with zero attached hydrogens (tertiary/aromatic N) is 1. The Morgan fingerprint density at radius 3 is 2.94 bits per heavy atom. The van der Waals surface area contributed by atoms with Crippen LogP contribution in [0.3, 0.4) is 0 Å². The summed E-state index contributed by atoms with van der Waals surface area (Å²) in [6.45, 7) is 5.37. The zero-order valence-electron chi connectivity index (χ0n) is 10.9. The summed E-state index contributed by atoms with van der Waals surface area (Å²) in [6, 6.07) is 5.82. The van der Waals surface area contributed by atoms with Gasteiger partial charge in [-0.3, -0.25) is 4.79 Å². The molecule has 0 aliphatic carbocycles. The molecule has 0 bridgehead atoms. The monoisotopic (exact) mass is 310 g/mol. The van der Waals surface area contributed by atoms with Crippen LogP contribution in [-0.4, -0.2) is 29.4 Å². The average Bonchev–Trinajstić information content (AvgIpc) is 2.74. The van der Waals surface area contributed by atoms with Crippen LogP contribution >= 0.6 is 15.9 Å². The number of hydrogen-bond acceptors (Lipinski definition) is 2.